The van der Waals surface area contributed by atoms with Gasteiger partial charge in [0.15, 0.2) is 0 Å². The van der Waals surface area contributed by atoms with Gasteiger partial charge in [0, 0.05) is 24.7 Å². The van der Waals surface area contributed by atoms with Crippen LogP contribution in [0.1, 0.15) is 65.2 Å². The first-order valence-electron chi connectivity index (χ1n) is 9.21. The molecule has 0 aromatic carbocycles. The highest BCUT2D eigenvalue weighted by atomic mass is 16.4. The maximum Gasteiger partial charge on any atom is 0.139 e. The van der Waals surface area contributed by atoms with Crippen LogP contribution in [0.15, 0.2) is 0 Å². The van der Waals surface area contributed by atoms with Crippen molar-refractivity contribution in [3.63, 3.8) is 0 Å². The molecule has 128 valence electrons. The van der Waals surface area contributed by atoms with Crippen LogP contribution < -0.4 is 0 Å². The molecule has 0 amide bonds. The molecule has 7 atom stereocenters. The average Bonchev–Trinajstić information content (AvgIpc) is 2.77. The molecule has 4 aliphatic carbocycles. The van der Waals surface area contributed by atoms with Crippen LogP contribution in [-0.2, 0) is 9.59 Å². The van der Waals surface area contributed by atoms with Gasteiger partial charge in [-0.2, -0.15) is 0 Å². The smallest absolute Gasteiger partial charge is 0.139 e. The average molecular weight is 320 g/mol. The van der Waals surface area contributed by atoms with Gasteiger partial charge in [-0.15, -0.1) is 0 Å². The highest BCUT2D eigenvalue weighted by molar-refractivity contribution is 5.87. The summed E-state index contributed by atoms with van der Waals surface area (Å²) < 4.78 is 0. The highest BCUT2D eigenvalue weighted by Crippen LogP contribution is 2.64. The summed E-state index contributed by atoms with van der Waals surface area (Å²) >= 11 is 0. The van der Waals surface area contributed by atoms with Gasteiger partial charge < -0.3 is 10.2 Å². The predicted octanol–water partition coefficient (Wildman–Crippen LogP) is 2.25. The van der Waals surface area contributed by atoms with Crippen molar-refractivity contribution in [3.8, 4) is 0 Å². The molecule has 23 heavy (non-hydrogen) atoms. The van der Waals surface area contributed by atoms with E-state index in [4.69, 9.17) is 0 Å². The molecule has 4 saturated carbocycles. The zero-order valence-corrected chi connectivity index (χ0v) is 14.2. The van der Waals surface area contributed by atoms with Crippen molar-refractivity contribution in [1.82, 2.24) is 0 Å². The van der Waals surface area contributed by atoms with Gasteiger partial charge in [0.1, 0.15) is 17.2 Å². The number of rotatable bonds is 0. The number of hydrogen-bond acceptors (Lipinski definition) is 4. The predicted molar refractivity (Wildman–Crippen MR) is 84.6 cm³/mol. The Labute approximate surface area is 137 Å². The Bertz CT molecular complexity index is 572. The fraction of sp³-hybridized carbons (Fsp3) is 0.895. The van der Waals surface area contributed by atoms with Crippen LogP contribution in [-0.4, -0.2) is 33.0 Å². The normalized spacial score (nSPS) is 56.0. The first-order chi connectivity index (χ1) is 10.7. The molecule has 2 N–H and O–H groups in total. The molecule has 0 heterocycles. The van der Waals surface area contributed by atoms with Crippen molar-refractivity contribution in [2.24, 2.45) is 29.1 Å². The number of carbonyl (C=O) groups excluding carboxylic acids is 2. The largest absolute Gasteiger partial charge is 0.387 e. The molecule has 0 saturated heterocycles. The van der Waals surface area contributed by atoms with E-state index in [0.717, 1.165) is 19.3 Å². The molecule has 0 aromatic heterocycles. The molecule has 0 radical (unpaired) electrons. The summed E-state index contributed by atoms with van der Waals surface area (Å²) in [5.74, 6) is 1.34. The van der Waals surface area contributed by atoms with Crippen LogP contribution in [0.5, 0.6) is 0 Å². The summed E-state index contributed by atoms with van der Waals surface area (Å²) in [6.45, 7) is 4.26. The van der Waals surface area contributed by atoms with Crippen molar-refractivity contribution in [3.05, 3.63) is 0 Å². The van der Waals surface area contributed by atoms with Gasteiger partial charge in [0.25, 0.3) is 0 Å². The number of fused-ring (bicyclic) bond motifs is 5. The lowest BCUT2D eigenvalue weighted by Gasteiger charge is -2.63. The van der Waals surface area contributed by atoms with Gasteiger partial charge >= 0.3 is 0 Å². The molecule has 0 aromatic rings. The Balaban J connectivity index is 1.74. The van der Waals surface area contributed by atoms with Gasteiger partial charge in [0.05, 0.1) is 5.60 Å². The van der Waals surface area contributed by atoms with Crippen LogP contribution in [0.2, 0.25) is 0 Å². The minimum absolute atomic E-state index is 0.0216. The first kappa shape index (κ1) is 15.8. The van der Waals surface area contributed by atoms with E-state index in [1.54, 1.807) is 0 Å². The molecule has 4 aliphatic rings. The second-order valence-corrected chi connectivity index (χ2v) is 9.06. The molecular weight excluding hydrogens is 292 g/mol. The monoisotopic (exact) mass is 320 g/mol. The van der Waals surface area contributed by atoms with Gasteiger partial charge in [-0.1, -0.05) is 13.8 Å². The summed E-state index contributed by atoms with van der Waals surface area (Å²) in [4.78, 5) is 24.3. The second-order valence-electron chi connectivity index (χ2n) is 9.06. The van der Waals surface area contributed by atoms with E-state index in [1.807, 2.05) is 0 Å². The van der Waals surface area contributed by atoms with Gasteiger partial charge in [0.2, 0.25) is 0 Å². The molecule has 6 unspecified atom stereocenters. The minimum atomic E-state index is -1.26. The third-order valence-corrected chi connectivity index (χ3v) is 8.05. The highest BCUT2D eigenvalue weighted by Gasteiger charge is 2.67. The number of aliphatic hydroxyl groups is 2. The lowest BCUT2D eigenvalue weighted by atomic mass is 9.45. The van der Waals surface area contributed by atoms with Crippen molar-refractivity contribution in [1.29, 1.82) is 0 Å². The Morgan fingerprint density at radius 3 is 2.52 bits per heavy atom. The van der Waals surface area contributed by atoms with Gasteiger partial charge in [-0.3, -0.25) is 9.59 Å². The van der Waals surface area contributed by atoms with E-state index in [0.29, 0.717) is 43.3 Å². The molecular formula is C19H28O4. The Kier molecular flexibility index (Phi) is 3.20. The van der Waals surface area contributed by atoms with Crippen molar-refractivity contribution < 1.29 is 19.8 Å². The fourth-order valence-corrected chi connectivity index (χ4v) is 6.90. The summed E-state index contributed by atoms with van der Waals surface area (Å²) in [7, 11) is 0. The van der Waals surface area contributed by atoms with Crippen LogP contribution in [0.4, 0.5) is 0 Å². The Morgan fingerprint density at radius 1 is 1.04 bits per heavy atom. The molecule has 4 fully saturated rings. The van der Waals surface area contributed by atoms with E-state index < -0.39 is 11.2 Å². The topological polar surface area (TPSA) is 74.6 Å². The van der Waals surface area contributed by atoms with Crippen molar-refractivity contribution in [2.75, 3.05) is 0 Å². The maximum atomic E-state index is 12.4. The molecule has 0 aliphatic heterocycles. The van der Waals surface area contributed by atoms with E-state index in [-0.39, 0.29) is 29.5 Å². The number of ketones is 2. The van der Waals surface area contributed by atoms with E-state index in [2.05, 4.69) is 13.8 Å². The minimum Gasteiger partial charge on any atom is -0.387 e. The third-order valence-electron chi connectivity index (χ3n) is 8.05. The number of carbonyl (C=O) groups is 2. The van der Waals surface area contributed by atoms with Crippen LogP contribution in [0.25, 0.3) is 0 Å². The van der Waals surface area contributed by atoms with Crippen LogP contribution in [0, 0.1) is 29.1 Å². The van der Waals surface area contributed by atoms with Crippen molar-refractivity contribution >= 4 is 11.6 Å². The Hall–Kier alpha value is -0.740. The Morgan fingerprint density at radius 2 is 1.78 bits per heavy atom. The number of hydrogen-bond donors (Lipinski definition) is 2. The van der Waals surface area contributed by atoms with Gasteiger partial charge in [-0.25, -0.2) is 0 Å². The standard InChI is InChI=1S/C19H28O4/c1-11-9-18(22)10-12(20)5-8-19(18,23)14-6-7-17(2)13(16(11)14)3-4-15(17)21/h11,13-14,16,22-23H,3-10H2,1-2H3/t11?,13?,14?,16?,17-,18?,19?/m0/s1. The third kappa shape index (κ3) is 1.85. The zero-order chi connectivity index (χ0) is 16.6. The van der Waals surface area contributed by atoms with E-state index >= 15 is 0 Å². The van der Waals surface area contributed by atoms with E-state index in [9.17, 15) is 19.8 Å². The van der Waals surface area contributed by atoms with Crippen molar-refractivity contribution in [2.45, 2.75) is 76.4 Å². The fourth-order valence-electron chi connectivity index (χ4n) is 6.90. The summed E-state index contributed by atoms with van der Waals surface area (Å²) in [5, 5.41) is 22.6. The zero-order valence-electron chi connectivity index (χ0n) is 14.2. The summed E-state index contributed by atoms with van der Waals surface area (Å²) in [6, 6.07) is 0. The maximum absolute atomic E-state index is 12.4. The van der Waals surface area contributed by atoms with E-state index in [1.165, 1.54) is 0 Å². The SMILES string of the molecule is CC1CC2(O)CC(=O)CCC2(O)C2CC[C@]3(C)C(=O)CCC3C12. The van der Waals surface area contributed by atoms with Crippen LogP contribution >= 0.6 is 0 Å². The number of Topliss-reactive ketones (excluding diaryl/α,β-unsaturated/α-hetero) is 2. The molecule has 0 bridgehead atoms. The second kappa shape index (κ2) is 4.66. The summed E-state index contributed by atoms with van der Waals surface area (Å²) in [5.41, 5.74) is -2.64. The quantitative estimate of drug-likeness (QED) is 0.718. The van der Waals surface area contributed by atoms with Gasteiger partial charge in [-0.05, 0) is 55.8 Å². The molecule has 4 nitrogen and oxygen atoms in total. The van der Waals surface area contributed by atoms with Crippen LogP contribution in [0.3, 0.4) is 0 Å². The molecule has 4 heteroatoms. The molecule has 0 spiro atoms. The lowest BCUT2D eigenvalue weighted by Crippen LogP contribution is -2.69. The molecule has 4 rings (SSSR count). The first-order valence-corrected chi connectivity index (χ1v) is 9.21. The lowest BCUT2D eigenvalue weighted by molar-refractivity contribution is -0.260. The summed E-state index contributed by atoms with van der Waals surface area (Å²) in [6.07, 6.45) is 4.53.